The van der Waals surface area contributed by atoms with Crippen LogP contribution < -0.4 is 0 Å². The van der Waals surface area contributed by atoms with Gasteiger partial charge in [0.2, 0.25) is 0 Å². The van der Waals surface area contributed by atoms with E-state index >= 15 is 0 Å². The number of benzene rings is 6. The Morgan fingerprint density at radius 1 is 0.380 bits per heavy atom. The van der Waals surface area contributed by atoms with E-state index in [2.05, 4.69) is 152 Å². The van der Waals surface area contributed by atoms with Gasteiger partial charge >= 0.3 is 0 Å². The highest BCUT2D eigenvalue weighted by Crippen LogP contribution is 2.38. The maximum Gasteiger partial charge on any atom is 0.148 e. The van der Waals surface area contributed by atoms with E-state index < -0.39 is 0 Å². The summed E-state index contributed by atoms with van der Waals surface area (Å²) in [5.41, 5.74) is 8.66. The lowest BCUT2D eigenvalue weighted by molar-refractivity contribution is 0.962. The summed E-state index contributed by atoms with van der Waals surface area (Å²) in [5.74, 6) is 1.84. The molecule has 0 atom stereocenters. The largest absolute Gasteiger partial charge is 0.328 e. The SMILES string of the molecule is Cn1c(N=C(c2ccccc2)c2ccccc2)c(Br)c2ccccc21.Cn1c(N=C(c2ccccc2)c2ccccc2)c(Br)c2ccccc21. The Hall–Kier alpha value is -5.30. The monoisotopic (exact) mass is 776 g/mol. The number of fused-ring (bicyclic) bond motifs is 2. The van der Waals surface area contributed by atoms with E-state index in [-0.39, 0.29) is 0 Å². The van der Waals surface area contributed by atoms with Crippen LogP contribution in [0, 0.1) is 0 Å². The van der Waals surface area contributed by atoms with Gasteiger partial charge in [-0.15, -0.1) is 0 Å². The summed E-state index contributed by atoms with van der Waals surface area (Å²) in [5, 5.41) is 2.34. The number of rotatable bonds is 6. The normalized spacial score (nSPS) is 10.8. The molecular formula is C44H34Br2N4. The van der Waals surface area contributed by atoms with E-state index in [1.807, 2.05) is 72.8 Å². The lowest BCUT2D eigenvalue weighted by atomic mass is 10.0. The minimum absolute atomic E-state index is 0.920. The molecule has 0 aliphatic rings. The molecule has 0 aliphatic heterocycles. The molecule has 0 saturated heterocycles. The lowest BCUT2D eigenvalue weighted by Gasteiger charge is -2.08. The standard InChI is InChI=1S/2C22H17BrN2/c2*1-25-19-15-9-8-14-18(19)20(23)22(25)24-21(16-10-4-2-5-11-16)17-12-6-3-7-13-17/h2*2-15H,1H3. The Kier molecular flexibility index (Phi) is 10.0. The highest BCUT2D eigenvalue weighted by atomic mass is 79.9. The summed E-state index contributed by atoms with van der Waals surface area (Å²) in [7, 11) is 4.11. The van der Waals surface area contributed by atoms with Crippen LogP contribution >= 0.6 is 31.9 Å². The quantitative estimate of drug-likeness (QED) is 0.151. The molecule has 0 fully saturated rings. The van der Waals surface area contributed by atoms with E-state index in [9.17, 15) is 0 Å². The molecule has 0 aliphatic carbocycles. The molecule has 0 amide bonds. The van der Waals surface area contributed by atoms with Crippen molar-refractivity contribution in [2.24, 2.45) is 24.1 Å². The van der Waals surface area contributed by atoms with E-state index in [4.69, 9.17) is 9.98 Å². The fourth-order valence-corrected chi connectivity index (χ4v) is 7.48. The zero-order valence-corrected chi connectivity index (χ0v) is 30.9. The molecule has 0 radical (unpaired) electrons. The van der Waals surface area contributed by atoms with Crippen LogP contribution in [0.2, 0.25) is 0 Å². The van der Waals surface area contributed by atoms with Crippen LogP contribution in [0.5, 0.6) is 0 Å². The first kappa shape index (κ1) is 33.2. The molecule has 8 aromatic rings. The fraction of sp³-hybridized carbons (Fsp3) is 0.0455. The molecule has 0 bridgehead atoms. The molecule has 50 heavy (non-hydrogen) atoms. The Balaban J connectivity index is 0.000000157. The maximum absolute atomic E-state index is 5.07. The van der Waals surface area contributed by atoms with Gasteiger partial charge in [0.05, 0.1) is 31.4 Å². The topological polar surface area (TPSA) is 34.6 Å². The first-order chi connectivity index (χ1) is 24.5. The Morgan fingerprint density at radius 2 is 0.640 bits per heavy atom. The van der Waals surface area contributed by atoms with Gasteiger partial charge in [0, 0.05) is 47.1 Å². The number of nitrogens with zero attached hydrogens (tertiary/aromatic N) is 4. The Bertz CT molecular complexity index is 2110. The Labute approximate surface area is 309 Å². The van der Waals surface area contributed by atoms with Crippen LogP contribution in [0.25, 0.3) is 21.8 Å². The highest BCUT2D eigenvalue weighted by molar-refractivity contribution is 9.11. The van der Waals surface area contributed by atoms with Crippen molar-refractivity contribution >= 4 is 76.7 Å². The lowest BCUT2D eigenvalue weighted by Crippen LogP contribution is -2.03. The third-order valence-electron chi connectivity index (χ3n) is 8.66. The van der Waals surface area contributed by atoms with Crippen molar-refractivity contribution in [2.45, 2.75) is 0 Å². The second-order valence-corrected chi connectivity index (χ2v) is 13.4. The third-order valence-corrected chi connectivity index (χ3v) is 10.2. The van der Waals surface area contributed by atoms with Crippen LogP contribution in [0.3, 0.4) is 0 Å². The van der Waals surface area contributed by atoms with Gasteiger partial charge in [-0.2, -0.15) is 0 Å². The first-order valence-corrected chi connectivity index (χ1v) is 17.9. The van der Waals surface area contributed by atoms with E-state index in [1.54, 1.807) is 0 Å². The molecule has 0 N–H and O–H groups in total. The molecule has 2 aromatic heterocycles. The van der Waals surface area contributed by atoms with Crippen molar-refractivity contribution in [3.05, 3.63) is 201 Å². The summed E-state index contributed by atoms with van der Waals surface area (Å²) < 4.78 is 6.31. The van der Waals surface area contributed by atoms with Gasteiger partial charge in [-0.05, 0) is 44.0 Å². The summed E-state index contributed by atoms with van der Waals surface area (Å²) in [6.45, 7) is 0. The highest BCUT2D eigenvalue weighted by Gasteiger charge is 2.16. The van der Waals surface area contributed by atoms with Crippen LogP contribution in [-0.2, 0) is 14.1 Å². The Morgan fingerprint density at radius 3 is 0.920 bits per heavy atom. The van der Waals surface area contributed by atoms with Crippen LogP contribution in [-0.4, -0.2) is 20.6 Å². The summed E-state index contributed by atoms with van der Waals surface area (Å²) in [6, 6.07) is 57.9. The van der Waals surface area contributed by atoms with Crippen LogP contribution in [0.1, 0.15) is 22.3 Å². The van der Waals surface area contributed by atoms with Gasteiger partial charge in [-0.1, -0.05) is 158 Å². The predicted molar refractivity (Wildman–Crippen MR) is 218 cm³/mol. The average Bonchev–Trinajstić information content (AvgIpc) is 3.57. The predicted octanol–water partition coefficient (Wildman–Crippen LogP) is 12.2. The number of aryl methyl sites for hydroxylation is 2. The molecular weight excluding hydrogens is 744 g/mol. The molecule has 2 heterocycles. The van der Waals surface area contributed by atoms with E-state index in [1.165, 1.54) is 10.8 Å². The van der Waals surface area contributed by atoms with Gasteiger partial charge in [0.15, 0.2) is 0 Å². The summed E-state index contributed by atoms with van der Waals surface area (Å²) >= 11 is 7.50. The second-order valence-electron chi connectivity index (χ2n) is 11.8. The molecule has 0 spiro atoms. The van der Waals surface area contributed by atoms with Crippen molar-refractivity contribution in [1.29, 1.82) is 0 Å². The van der Waals surface area contributed by atoms with Crippen molar-refractivity contribution in [1.82, 2.24) is 9.13 Å². The van der Waals surface area contributed by atoms with Gasteiger partial charge in [0.25, 0.3) is 0 Å². The summed E-state index contributed by atoms with van der Waals surface area (Å²) in [4.78, 5) is 10.1. The number of hydrogen-bond donors (Lipinski definition) is 0. The average molecular weight is 779 g/mol. The van der Waals surface area contributed by atoms with Crippen molar-refractivity contribution in [2.75, 3.05) is 0 Å². The zero-order valence-electron chi connectivity index (χ0n) is 27.7. The minimum atomic E-state index is 0.920. The molecule has 0 unspecified atom stereocenters. The van der Waals surface area contributed by atoms with E-state index in [0.717, 1.165) is 65.3 Å². The molecule has 244 valence electrons. The fourth-order valence-electron chi connectivity index (χ4n) is 6.10. The van der Waals surface area contributed by atoms with Crippen LogP contribution in [0.15, 0.2) is 189 Å². The van der Waals surface area contributed by atoms with Gasteiger partial charge in [-0.25, -0.2) is 9.98 Å². The zero-order chi connectivity index (χ0) is 34.5. The van der Waals surface area contributed by atoms with Gasteiger partial charge in [0.1, 0.15) is 11.6 Å². The van der Waals surface area contributed by atoms with Crippen molar-refractivity contribution in [3.8, 4) is 0 Å². The number of halogens is 2. The number of hydrogen-bond acceptors (Lipinski definition) is 2. The molecule has 6 heteroatoms. The molecule has 4 nitrogen and oxygen atoms in total. The van der Waals surface area contributed by atoms with E-state index in [0.29, 0.717) is 0 Å². The first-order valence-electron chi connectivity index (χ1n) is 16.4. The van der Waals surface area contributed by atoms with Crippen LogP contribution in [0.4, 0.5) is 11.6 Å². The van der Waals surface area contributed by atoms with Crippen molar-refractivity contribution in [3.63, 3.8) is 0 Å². The maximum atomic E-state index is 5.07. The van der Waals surface area contributed by atoms with Gasteiger partial charge < -0.3 is 9.13 Å². The van der Waals surface area contributed by atoms with Gasteiger partial charge in [-0.3, -0.25) is 0 Å². The minimum Gasteiger partial charge on any atom is -0.328 e. The third kappa shape index (κ3) is 6.77. The summed E-state index contributed by atoms with van der Waals surface area (Å²) in [6.07, 6.45) is 0. The van der Waals surface area contributed by atoms with Crippen molar-refractivity contribution < 1.29 is 0 Å². The number of aliphatic imine (C=N–C) groups is 2. The molecule has 0 saturated carbocycles. The second kappa shape index (κ2) is 15.1. The number of para-hydroxylation sites is 2. The molecule has 8 rings (SSSR count). The molecule has 6 aromatic carbocycles. The smallest absolute Gasteiger partial charge is 0.148 e. The number of aromatic nitrogens is 2.